The molecule has 1 atom stereocenters. The van der Waals surface area contributed by atoms with Gasteiger partial charge in [-0.1, -0.05) is 19.3 Å². The third kappa shape index (κ3) is 4.13. The lowest BCUT2D eigenvalue weighted by molar-refractivity contribution is -0.122. The highest BCUT2D eigenvalue weighted by Gasteiger charge is 2.31. The van der Waals surface area contributed by atoms with Crippen LogP contribution in [0.5, 0.6) is 0 Å². The molecule has 162 valence electrons. The maximum atomic E-state index is 13.1. The number of fused-ring (bicyclic) bond motifs is 1. The molecular formula is C21H28N4O4S. The summed E-state index contributed by atoms with van der Waals surface area (Å²) in [4.78, 5) is 28.8. The lowest BCUT2D eigenvalue weighted by atomic mass is 10.1. The Labute approximate surface area is 176 Å². The number of nitrogens with zero attached hydrogens (tertiary/aromatic N) is 3. The molecule has 1 aromatic heterocycles. The van der Waals surface area contributed by atoms with Crippen LogP contribution in [0.1, 0.15) is 51.9 Å². The fraction of sp³-hybridized carbons (Fsp3) is 0.571. The van der Waals surface area contributed by atoms with Gasteiger partial charge in [0.1, 0.15) is 6.54 Å². The van der Waals surface area contributed by atoms with E-state index in [4.69, 9.17) is 0 Å². The molecule has 0 spiro atoms. The van der Waals surface area contributed by atoms with Gasteiger partial charge in [0, 0.05) is 30.2 Å². The summed E-state index contributed by atoms with van der Waals surface area (Å²) in [7, 11) is -3.63. The van der Waals surface area contributed by atoms with E-state index in [1.807, 2.05) is 6.92 Å². The number of carbonyl (C=O) groups is 1. The zero-order chi connectivity index (χ0) is 21.3. The minimum absolute atomic E-state index is 0.0363. The number of hydrogen-bond acceptors (Lipinski definition) is 5. The second kappa shape index (κ2) is 8.47. The molecule has 0 radical (unpaired) electrons. The van der Waals surface area contributed by atoms with E-state index in [-0.39, 0.29) is 29.4 Å². The first-order valence-corrected chi connectivity index (χ1v) is 12.1. The van der Waals surface area contributed by atoms with Crippen molar-refractivity contribution < 1.29 is 13.2 Å². The summed E-state index contributed by atoms with van der Waals surface area (Å²) in [6, 6.07) is 4.79. The van der Waals surface area contributed by atoms with Gasteiger partial charge in [-0.25, -0.2) is 18.2 Å². The first kappa shape index (κ1) is 21.0. The Kier molecular flexibility index (Phi) is 5.92. The van der Waals surface area contributed by atoms with Gasteiger partial charge < -0.3 is 5.32 Å². The van der Waals surface area contributed by atoms with E-state index in [9.17, 15) is 18.0 Å². The number of rotatable bonds is 5. The number of nitrogens with one attached hydrogen (secondary N) is 1. The summed E-state index contributed by atoms with van der Waals surface area (Å²) in [6.45, 7) is 2.31. The van der Waals surface area contributed by atoms with E-state index in [1.165, 1.54) is 16.8 Å². The Morgan fingerprint density at radius 2 is 1.90 bits per heavy atom. The second-order valence-electron chi connectivity index (χ2n) is 8.36. The zero-order valence-corrected chi connectivity index (χ0v) is 18.0. The molecule has 1 saturated carbocycles. The fourth-order valence-electron chi connectivity index (χ4n) is 4.54. The summed E-state index contributed by atoms with van der Waals surface area (Å²) in [5.41, 5.74) is -0.0217. The van der Waals surface area contributed by atoms with E-state index < -0.39 is 15.7 Å². The van der Waals surface area contributed by atoms with Gasteiger partial charge >= 0.3 is 5.69 Å². The molecule has 9 heteroatoms. The van der Waals surface area contributed by atoms with E-state index in [0.717, 1.165) is 44.9 Å². The van der Waals surface area contributed by atoms with Crippen LogP contribution in [0.15, 0.2) is 34.1 Å². The molecule has 2 fully saturated rings. The molecule has 1 N–H and O–H groups in total. The predicted molar refractivity (Wildman–Crippen MR) is 114 cm³/mol. The molecule has 0 unspecified atom stereocenters. The lowest BCUT2D eigenvalue weighted by Gasteiger charge is -2.32. The molecule has 1 amide bonds. The van der Waals surface area contributed by atoms with Crippen LogP contribution >= 0.6 is 0 Å². The van der Waals surface area contributed by atoms with Crippen LogP contribution < -0.4 is 11.0 Å². The molecular weight excluding hydrogens is 404 g/mol. The first-order chi connectivity index (χ1) is 14.4. The van der Waals surface area contributed by atoms with Crippen LogP contribution in [-0.4, -0.2) is 46.8 Å². The summed E-state index contributed by atoms with van der Waals surface area (Å²) < 4.78 is 29.1. The lowest BCUT2D eigenvalue weighted by Crippen LogP contribution is -2.41. The maximum Gasteiger partial charge on any atom is 0.348 e. The normalized spacial score (nSPS) is 21.2. The van der Waals surface area contributed by atoms with Gasteiger partial charge in [0.25, 0.3) is 0 Å². The van der Waals surface area contributed by atoms with Gasteiger partial charge in [-0.2, -0.15) is 4.31 Å². The highest BCUT2D eigenvalue weighted by molar-refractivity contribution is 7.89. The summed E-state index contributed by atoms with van der Waals surface area (Å²) in [6.07, 6.45) is 8.25. The monoisotopic (exact) mass is 432 g/mol. The quantitative estimate of drug-likeness (QED) is 0.779. The molecule has 0 bridgehead atoms. The third-order valence-corrected chi connectivity index (χ3v) is 8.21. The number of piperidine rings is 1. The fourth-order valence-corrected chi connectivity index (χ4v) is 6.28. The Balaban J connectivity index is 1.63. The van der Waals surface area contributed by atoms with Gasteiger partial charge in [0.05, 0.1) is 10.4 Å². The van der Waals surface area contributed by atoms with Crippen LogP contribution in [0, 0.1) is 0 Å². The topological polar surface area (TPSA) is 101 Å². The van der Waals surface area contributed by atoms with Crippen molar-refractivity contribution in [3.63, 3.8) is 0 Å². The number of sulfonamides is 1. The number of hydrogen-bond donors (Lipinski definition) is 1. The van der Waals surface area contributed by atoms with Crippen molar-refractivity contribution in [3.05, 3.63) is 34.9 Å². The van der Waals surface area contributed by atoms with Crippen LogP contribution in [0.4, 0.5) is 0 Å². The SMILES string of the molecule is C[C@H]1CCCCN1S(=O)(=O)c1ccc2c(cnc(=O)n2CC(=O)NC2CCCC2)c1. The molecule has 1 aliphatic carbocycles. The predicted octanol–water partition coefficient (Wildman–Crippen LogP) is 2.02. The van der Waals surface area contributed by atoms with Crippen LogP contribution in [0.2, 0.25) is 0 Å². The van der Waals surface area contributed by atoms with Crippen molar-refractivity contribution in [2.75, 3.05) is 6.54 Å². The first-order valence-electron chi connectivity index (χ1n) is 10.7. The van der Waals surface area contributed by atoms with E-state index in [1.54, 1.807) is 16.4 Å². The second-order valence-corrected chi connectivity index (χ2v) is 10.2. The van der Waals surface area contributed by atoms with Crippen LogP contribution in [0.3, 0.4) is 0 Å². The van der Waals surface area contributed by atoms with Crippen molar-refractivity contribution in [3.8, 4) is 0 Å². The third-order valence-electron chi connectivity index (χ3n) is 6.21. The van der Waals surface area contributed by atoms with Crippen molar-refractivity contribution >= 4 is 26.8 Å². The minimum Gasteiger partial charge on any atom is -0.352 e. The average Bonchev–Trinajstić information content (AvgIpc) is 3.23. The summed E-state index contributed by atoms with van der Waals surface area (Å²) >= 11 is 0. The van der Waals surface area contributed by atoms with Crippen LogP contribution in [-0.2, 0) is 21.4 Å². The molecule has 30 heavy (non-hydrogen) atoms. The standard InChI is InChI=1S/C21H28N4O4S/c1-15-6-4-5-11-25(15)30(28,29)18-9-10-19-16(12-18)13-22-21(27)24(19)14-20(26)23-17-7-2-3-8-17/h9-10,12-13,15,17H,2-8,11,14H2,1H3,(H,23,26)/t15-/m0/s1. The number of benzene rings is 1. The molecule has 2 aliphatic rings. The Morgan fingerprint density at radius 3 is 2.63 bits per heavy atom. The minimum atomic E-state index is -3.63. The molecule has 1 aromatic carbocycles. The van der Waals surface area contributed by atoms with Crippen molar-refractivity contribution in [2.24, 2.45) is 0 Å². The number of carbonyl (C=O) groups excluding carboxylic acids is 1. The van der Waals surface area contributed by atoms with Crippen molar-refractivity contribution in [1.29, 1.82) is 0 Å². The number of amides is 1. The molecule has 2 heterocycles. The Morgan fingerprint density at radius 1 is 1.17 bits per heavy atom. The molecule has 2 aromatic rings. The highest BCUT2D eigenvalue weighted by atomic mass is 32.2. The maximum absolute atomic E-state index is 13.1. The number of aromatic nitrogens is 2. The van der Waals surface area contributed by atoms with Crippen molar-refractivity contribution in [2.45, 2.75) is 75.4 Å². The summed E-state index contributed by atoms with van der Waals surface area (Å²) in [5.74, 6) is -0.225. The Bertz CT molecular complexity index is 1110. The van der Waals surface area contributed by atoms with Gasteiger partial charge in [-0.3, -0.25) is 9.36 Å². The van der Waals surface area contributed by atoms with Gasteiger partial charge in [-0.05, 0) is 50.8 Å². The van der Waals surface area contributed by atoms with Gasteiger partial charge in [0.15, 0.2) is 0 Å². The van der Waals surface area contributed by atoms with E-state index in [2.05, 4.69) is 10.3 Å². The van der Waals surface area contributed by atoms with Gasteiger partial charge in [0.2, 0.25) is 15.9 Å². The van der Waals surface area contributed by atoms with Crippen molar-refractivity contribution in [1.82, 2.24) is 19.2 Å². The highest BCUT2D eigenvalue weighted by Crippen LogP contribution is 2.27. The molecule has 1 saturated heterocycles. The smallest absolute Gasteiger partial charge is 0.348 e. The van der Waals surface area contributed by atoms with E-state index in [0.29, 0.717) is 17.4 Å². The molecule has 4 rings (SSSR count). The van der Waals surface area contributed by atoms with Crippen LogP contribution in [0.25, 0.3) is 10.9 Å². The zero-order valence-electron chi connectivity index (χ0n) is 17.2. The average molecular weight is 433 g/mol. The summed E-state index contributed by atoms with van der Waals surface area (Å²) in [5, 5.41) is 3.50. The molecule has 8 nitrogen and oxygen atoms in total. The Hall–Kier alpha value is -2.26. The largest absolute Gasteiger partial charge is 0.352 e. The van der Waals surface area contributed by atoms with Gasteiger partial charge in [-0.15, -0.1) is 0 Å². The van der Waals surface area contributed by atoms with E-state index >= 15 is 0 Å². The molecule has 1 aliphatic heterocycles.